The lowest BCUT2D eigenvalue weighted by atomic mass is 9.82. The summed E-state index contributed by atoms with van der Waals surface area (Å²) >= 11 is 0. The molecule has 0 bridgehead atoms. The van der Waals surface area contributed by atoms with Gasteiger partial charge in [-0.15, -0.1) is 0 Å². The van der Waals surface area contributed by atoms with E-state index >= 15 is 0 Å². The molecule has 0 unspecified atom stereocenters. The zero-order valence-corrected chi connectivity index (χ0v) is 12.6. The number of hydrogen-bond acceptors (Lipinski definition) is 2. The van der Waals surface area contributed by atoms with Gasteiger partial charge in [0.2, 0.25) is 5.91 Å². The minimum Gasteiger partial charge on any atom is -0.342 e. The molecular formula is C16H28N2O. The molecule has 108 valence electrons. The highest BCUT2D eigenvalue weighted by Crippen LogP contribution is 2.37. The minimum absolute atomic E-state index is 0.114. The number of allylic oxidation sites excluding steroid dienone is 1. The van der Waals surface area contributed by atoms with Gasteiger partial charge in [0.15, 0.2) is 0 Å². The molecule has 0 aromatic heterocycles. The van der Waals surface area contributed by atoms with E-state index in [1.165, 1.54) is 19.3 Å². The molecule has 0 spiro atoms. The first-order valence-corrected chi connectivity index (χ1v) is 7.79. The van der Waals surface area contributed by atoms with Crippen molar-refractivity contribution in [2.75, 3.05) is 19.6 Å². The molecule has 3 heteroatoms. The first-order valence-electron chi connectivity index (χ1n) is 7.79. The molecule has 0 aliphatic carbocycles. The summed E-state index contributed by atoms with van der Waals surface area (Å²) in [5.74, 6) is 0.471. The van der Waals surface area contributed by atoms with Crippen LogP contribution >= 0.6 is 0 Å². The van der Waals surface area contributed by atoms with E-state index in [9.17, 15) is 4.79 Å². The van der Waals surface area contributed by atoms with E-state index in [2.05, 4.69) is 43.1 Å². The molecule has 2 aliphatic heterocycles. The fourth-order valence-electron chi connectivity index (χ4n) is 3.43. The summed E-state index contributed by atoms with van der Waals surface area (Å²) < 4.78 is 0. The molecule has 0 aromatic rings. The number of nitrogens with zero attached hydrogens (tertiary/aromatic N) is 1. The SMILES string of the molecule is CCC1(CC)CCN(C(=O)[C@@H]2CC=CCN[C@H]2C)C1. The summed E-state index contributed by atoms with van der Waals surface area (Å²) in [4.78, 5) is 14.9. The molecule has 1 fully saturated rings. The standard InChI is InChI=1S/C16H28N2O/c1-4-16(5-2)9-11-18(12-16)15(19)14-8-6-7-10-17-13(14)3/h6-7,13-14,17H,4-5,8-12H2,1-3H3/t13-,14+/m0/s1. The average molecular weight is 264 g/mol. The van der Waals surface area contributed by atoms with Crippen molar-refractivity contribution in [2.24, 2.45) is 11.3 Å². The molecule has 0 saturated carbocycles. The van der Waals surface area contributed by atoms with Crippen molar-refractivity contribution < 1.29 is 4.79 Å². The average Bonchev–Trinajstić information content (AvgIpc) is 2.76. The fraction of sp³-hybridized carbons (Fsp3) is 0.812. The maximum atomic E-state index is 12.7. The zero-order chi connectivity index (χ0) is 13.9. The Kier molecular flexibility index (Phi) is 4.67. The van der Waals surface area contributed by atoms with E-state index in [4.69, 9.17) is 0 Å². The van der Waals surface area contributed by atoms with Gasteiger partial charge in [0.1, 0.15) is 0 Å². The molecule has 1 amide bonds. The van der Waals surface area contributed by atoms with Crippen LogP contribution in [-0.2, 0) is 4.79 Å². The summed E-state index contributed by atoms with van der Waals surface area (Å²) in [5, 5.41) is 3.41. The lowest BCUT2D eigenvalue weighted by molar-refractivity contribution is -0.135. The van der Waals surface area contributed by atoms with Crippen LogP contribution in [0.25, 0.3) is 0 Å². The Bertz CT molecular complexity index is 347. The van der Waals surface area contributed by atoms with Crippen LogP contribution < -0.4 is 5.32 Å². The predicted molar refractivity (Wildman–Crippen MR) is 78.9 cm³/mol. The molecule has 1 N–H and O–H groups in total. The monoisotopic (exact) mass is 264 g/mol. The molecule has 1 saturated heterocycles. The van der Waals surface area contributed by atoms with Gasteiger partial charge in [-0.05, 0) is 38.0 Å². The maximum absolute atomic E-state index is 12.7. The first kappa shape index (κ1) is 14.6. The van der Waals surface area contributed by atoms with Crippen molar-refractivity contribution in [3.8, 4) is 0 Å². The molecule has 2 aliphatic rings. The molecule has 2 atom stereocenters. The van der Waals surface area contributed by atoms with Crippen LogP contribution in [0.2, 0.25) is 0 Å². The summed E-state index contributed by atoms with van der Waals surface area (Å²) in [6, 6.07) is 0.278. The molecular weight excluding hydrogens is 236 g/mol. The second-order valence-corrected chi connectivity index (χ2v) is 6.23. The van der Waals surface area contributed by atoms with Crippen LogP contribution in [0, 0.1) is 11.3 Å². The second-order valence-electron chi connectivity index (χ2n) is 6.23. The third-order valence-corrected chi connectivity index (χ3v) is 5.29. The van der Waals surface area contributed by atoms with Gasteiger partial charge in [-0.25, -0.2) is 0 Å². The molecule has 0 aromatic carbocycles. The van der Waals surface area contributed by atoms with Gasteiger partial charge in [0.05, 0.1) is 5.92 Å². The Morgan fingerprint density at radius 2 is 2.11 bits per heavy atom. The van der Waals surface area contributed by atoms with Gasteiger partial charge in [-0.3, -0.25) is 4.79 Å². The van der Waals surface area contributed by atoms with Crippen molar-refractivity contribution in [3.63, 3.8) is 0 Å². The van der Waals surface area contributed by atoms with E-state index in [0.717, 1.165) is 26.1 Å². The third kappa shape index (κ3) is 3.02. The molecule has 0 radical (unpaired) electrons. The zero-order valence-electron chi connectivity index (χ0n) is 12.6. The Morgan fingerprint density at radius 3 is 2.74 bits per heavy atom. The highest BCUT2D eigenvalue weighted by molar-refractivity contribution is 5.80. The molecule has 3 nitrogen and oxygen atoms in total. The van der Waals surface area contributed by atoms with Gasteiger partial charge >= 0.3 is 0 Å². The Morgan fingerprint density at radius 1 is 1.37 bits per heavy atom. The Hall–Kier alpha value is -0.830. The van der Waals surface area contributed by atoms with Crippen LogP contribution in [-0.4, -0.2) is 36.5 Å². The number of hydrogen-bond donors (Lipinski definition) is 1. The number of rotatable bonds is 3. The molecule has 2 rings (SSSR count). The number of carbonyl (C=O) groups is 1. The van der Waals surface area contributed by atoms with Crippen molar-refractivity contribution in [2.45, 2.75) is 52.5 Å². The topological polar surface area (TPSA) is 32.3 Å². The number of carbonyl (C=O) groups excluding carboxylic acids is 1. The van der Waals surface area contributed by atoms with Crippen LogP contribution in [0.5, 0.6) is 0 Å². The quantitative estimate of drug-likeness (QED) is 0.795. The van der Waals surface area contributed by atoms with Gasteiger partial charge in [0.25, 0.3) is 0 Å². The lowest BCUT2D eigenvalue weighted by Crippen LogP contribution is -2.44. The van der Waals surface area contributed by atoms with Crippen molar-refractivity contribution in [1.82, 2.24) is 10.2 Å². The van der Waals surface area contributed by atoms with Gasteiger partial charge < -0.3 is 10.2 Å². The molecule has 2 heterocycles. The van der Waals surface area contributed by atoms with Gasteiger partial charge in [-0.2, -0.15) is 0 Å². The number of likely N-dealkylation sites (tertiary alicyclic amines) is 1. The number of amides is 1. The van der Waals surface area contributed by atoms with Crippen molar-refractivity contribution in [3.05, 3.63) is 12.2 Å². The second kappa shape index (κ2) is 6.08. The van der Waals surface area contributed by atoms with E-state index in [1.54, 1.807) is 0 Å². The highest BCUT2D eigenvalue weighted by atomic mass is 16.2. The predicted octanol–water partition coefficient (Wildman–Crippen LogP) is 2.58. The lowest BCUT2D eigenvalue weighted by Gasteiger charge is -2.29. The van der Waals surface area contributed by atoms with Gasteiger partial charge in [-0.1, -0.05) is 26.0 Å². The highest BCUT2D eigenvalue weighted by Gasteiger charge is 2.39. The molecule has 19 heavy (non-hydrogen) atoms. The maximum Gasteiger partial charge on any atom is 0.227 e. The third-order valence-electron chi connectivity index (χ3n) is 5.29. The van der Waals surface area contributed by atoms with E-state index in [-0.39, 0.29) is 12.0 Å². The van der Waals surface area contributed by atoms with Crippen molar-refractivity contribution >= 4 is 5.91 Å². The first-order chi connectivity index (χ1) is 9.12. The van der Waals surface area contributed by atoms with E-state index in [0.29, 0.717) is 11.3 Å². The Labute approximate surface area is 117 Å². The summed E-state index contributed by atoms with van der Waals surface area (Å²) in [7, 11) is 0. The summed E-state index contributed by atoms with van der Waals surface area (Å²) in [6.07, 6.45) is 8.72. The minimum atomic E-state index is 0.114. The van der Waals surface area contributed by atoms with Gasteiger partial charge in [0, 0.05) is 25.7 Å². The largest absolute Gasteiger partial charge is 0.342 e. The van der Waals surface area contributed by atoms with Crippen LogP contribution in [0.4, 0.5) is 0 Å². The van der Waals surface area contributed by atoms with Crippen LogP contribution in [0.15, 0.2) is 12.2 Å². The van der Waals surface area contributed by atoms with Crippen LogP contribution in [0.3, 0.4) is 0 Å². The number of nitrogens with one attached hydrogen (secondary N) is 1. The summed E-state index contributed by atoms with van der Waals surface area (Å²) in [5.41, 5.74) is 0.382. The Balaban J connectivity index is 2.02. The fourth-order valence-corrected chi connectivity index (χ4v) is 3.43. The van der Waals surface area contributed by atoms with E-state index in [1.807, 2.05) is 0 Å². The van der Waals surface area contributed by atoms with Crippen molar-refractivity contribution in [1.29, 1.82) is 0 Å². The summed E-state index contributed by atoms with van der Waals surface area (Å²) in [6.45, 7) is 9.46. The van der Waals surface area contributed by atoms with Crippen LogP contribution in [0.1, 0.15) is 46.5 Å². The van der Waals surface area contributed by atoms with E-state index < -0.39 is 0 Å². The smallest absolute Gasteiger partial charge is 0.227 e. The normalized spacial score (nSPS) is 30.4.